The maximum atomic E-state index is 5.15. The van der Waals surface area contributed by atoms with Gasteiger partial charge in [0.15, 0.2) is 0 Å². The molecular formula is C47H70N2. The molecule has 0 aromatic heterocycles. The van der Waals surface area contributed by atoms with E-state index in [1.54, 1.807) is 5.56 Å². The van der Waals surface area contributed by atoms with Gasteiger partial charge in [0.2, 0.25) is 0 Å². The molecule has 2 heteroatoms. The van der Waals surface area contributed by atoms with Gasteiger partial charge < -0.3 is 0 Å². The molecule has 0 aliphatic rings. The lowest BCUT2D eigenvalue weighted by Crippen LogP contribution is -2.02. The smallest absolute Gasteiger partial charge is 0.0639 e. The first kappa shape index (κ1) is 40.4. The lowest BCUT2D eigenvalue weighted by atomic mass is 9.88. The number of nitrogens with zero attached hydrogens (tertiary/aromatic N) is 2. The summed E-state index contributed by atoms with van der Waals surface area (Å²) in [4.78, 5) is 10.2. The molecule has 0 N–H and O–H groups in total. The molecule has 0 unspecified atom stereocenters. The first-order chi connectivity index (χ1) is 24.0. The number of aryl methyl sites for hydroxylation is 4. The summed E-state index contributed by atoms with van der Waals surface area (Å²) in [6.45, 7) is 13.6. The third-order valence-corrected chi connectivity index (χ3v) is 10.0. The molecule has 0 heterocycles. The second-order valence-corrected chi connectivity index (χ2v) is 14.4. The van der Waals surface area contributed by atoms with Crippen LogP contribution in [0.15, 0.2) is 64.6 Å². The molecule has 0 bridgehead atoms. The summed E-state index contributed by atoms with van der Waals surface area (Å²) in [5.74, 6) is 0. The minimum Gasteiger partial charge on any atom is -0.255 e. The molecule has 3 aromatic rings. The van der Waals surface area contributed by atoms with Gasteiger partial charge in [-0.3, -0.25) is 9.98 Å². The Morgan fingerprint density at radius 1 is 0.510 bits per heavy atom. The summed E-state index contributed by atoms with van der Waals surface area (Å²) in [5.41, 5.74) is 13.4. The molecule has 0 fully saturated rings. The zero-order chi connectivity index (χ0) is 35.1. The van der Waals surface area contributed by atoms with Crippen LogP contribution in [0, 0.1) is 0 Å². The summed E-state index contributed by atoms with van der Waals surface area (Å²) in [5, 5.41) is 0. The number of hydrogen-bond donors (Lipinski definition) is 0. The van der Waals surface area contributed by atoms with E-state index >= 15 is 0 Å². The van der Waals surface area contributed by atoms with Crippen molar-refractivity contribution in [1.82, 2.24) is 0 Å². The van der Waals surface area contributed by atoms with Gasteiger partial charge in [0, 0.05) is 6.21 Å². The van der Waals surface area contributed by atoms with Gasteiger partial charge in [-0.2, -0.15) is 0 Å². The van der Waals surface area contributed by atoms with E-state index in [1.807, 2.05) is 6.21 Å². The van der Waals surface area contributed by atoms with Crippen LogP contribution >= 0.6 is 0 Å². The number of aliphatic imine (C=N–C) groups is 2. The third kappa shape index (κ3) is 14.4. The van der Waals surface area contributed by atoms with Crippen LogP contribution < -0.4 is 0 Å². The average Bonchev–Trinajstić information content (AvgIpc) is 3.12. The fourth-order valence-electron chi connectivity index (χ4n) is 7.21. The van der Waals surface area contributed by atoms with Crippen molar-refractivity contribution in [3.8, 4) is 11.1 Å². The van der Waals surface area contributed by atoms with Gasteiger partial charge in [0.25, 0.3) is 0 Å². The van der Waals surface area contributed by atoms with Crippen molar-refractivity contribution in [3.63, 3.8) is 0 Å². The molecule has 3 aromatic carbocycles. The summed E-state index contributed by atoms with van der Waals surface area (Å²) in [6, 6.07) is 20.5. The monoisotopic (exact) mass is 663 g/mol. The maximum Gasteiger partial charge on any atom is 0.0639 e. The summed E-state index contributed by atoms with van der Waals surface area (Å²) >= 11 is 0. The van der Waals surface area contributed by atoms with Crippen molar-refractivity contribution in [2.24, 2.45) is 9.98 Å². The Balaban J connectivity index is 1.91. The molecule has 0 radical (unpaired) electrons. The molecule has 0 aliphatic heterocycles. The molecule has 0 aliphatic carbocycles. The standard InChI is InChI=1S/C47H70N2/c1-7-12-16-18-20-23-30-41-34-45(33-39(11-5)46(41)32-15-10-4)49-38(6)37-48-44-35-42(27-14-9-3)47(40-28-25-22-26-29-40)43(36-44)31-24-21-19-17-13-8-2/h22,25-26,28-29,33-37H,7-21,23-24,27,30-32H2,1-6H3. The van der Waals surface area contributed by atoms with Crippen LogP contribution in [0.4, 0.5) is 11.4 Å². The number of unbranched alkanes of at least 4 members (excludes halogenated alkanes) is 12. The predicted molar refractivity (Wildman–Crippen MR) is 220 cm³/mol. The average molecular weight is 663 g/mol. The predicted octanol–water partition coefficient (Wildman–Crippen LogP) is 14.9. The fourth-order valence-corrected chi connectivity index (χ4v) is 7.21. The molecule has 0 saturated carbocycles. The van der Waals surface area contributed by atoms with Crippen LogP contribution in [0.1, 0.15) is 172 Å². The molecule has 2 nitrogen and oxygen atoms in total. The van der Waals surface area contributed by atoms with E-state index in [0.717, 1.165) is 36.3 Å². The van der Waals surface area contributed by atoms with Crippen molar-refractivity contribution in [2.75, 3.05) is 0 Å². The van der Waals surface area contributed by atoms with Crippen molar-refractivity contribution in [2.45, 2.75) is 176 Å². The fraction of sp³-hybridized carbons (Fsp3) is 0.574. The van der Waals surface area contributed by atoms with Gasteiger partial charge in [-0.05, 0) is 128 Å². The molecule has 0 saturated heterocycles. The molecule has 268 valence electrons. The molecule has 3 rings (SSSR count). The van der Waals surface area contributed by atoms with E-state index in [1.165, 1.54) is 149 Å². The topological polar surface area (TPSA) is 24.7 Å². The lowest BCUT2D eigenvalue weighted by Gasteiger charge is -2.17. The second-order valence-electron chi connectivity index (χ2n) is 14.4. The second kappa shape index (κ2) is 24.2. The number of rotatable bonds is 25. The minimum atomic E-state index is 0.966. The van der Waals surface area contributed by atoms with Crippen molar-refractivity contribution < 1.29 is 0 Å². The molecule has 0 atom stereocenters. The Hall–Kier alpha value is -3.00. The van der Waals surface area contributed by atoms with Crippen LogP contribution in [0.5, 0.6) is 0 Å². The molecular weight excluding hydrogens is 593 g/mol. The zero-order valence-corrected chi connectivity index (χ0v) is 32.5. The molecule has 0 spiro atoms. The Labute approximate surface area is 302 Å². The van der Waals surface area contributed by atoms with Gasteiger partial charge in [-0.25, -0.2) is 0 Å². The highest BCUT2D eigenvalue weighted by atomic mass is 14.8. The van der Waals surface area contributed by atoms with E-state index in [-0.39, 0.29) is 0 Å². The highest BCUT2D eigenvalue weighted by Crippen LogP contribution is 2.34. The maximum absolute atomic E-state index is 5.15. The van der Waals surface area contributed by atoms with Crippen LogP contribution in [0.2, 0.25) is 0 Å². The largest absolute Gasteiger partial charge is 0.255 e. The minimum absolute atomic E-state index is 0.966. The quantitative estimate of drug-likeness (QED) is 0.0637. The van der Waals surface area contributed by atoms with Crippen LogP contribution in [0.25, 0.3) is 11.1 Å². The first-order valence-corrected chi connectivity index (χ1v) is 20.5. The van der Waals surface area contributed by atoms with Gasteiger partial charge in [0.05, 0.1) is 17.1 Å². The molecule has 0 amide bonds. The Morgan fingerprint density at radius 2 is 1.00 bits per heavy atom. The third-order valence-electron chi connectivity index (χ3n) is 10.0. The zero-order valence-electron chi connectivity index (χ0n) is 32.5. The summed E-state index contributed by atoms with van der Waals surface area (Å²) in [7, 11) is 0. The summed E-state index contributed by atoms with van der Waals surface area (Å²) in [6.07, 6.45) is 28.4. The lowest BCUT2D eigenvalue weighted by molar-refractivity contribution is 0.606. The first-order valence-electron chi connectivity index (χ1n) is 20.5. The van der Waals surface area contributed by atoms with E-state index in [2.05, 4.69) is 96.1 Å². The van der Waals surface area contributed by atoms with Crippen LogP contribution in [-0.4, -0.2) is 11.9 Å². The normalized spacial score (nSPS) is 12.0. The SMILES string of the molecule is CCCCCCCCc1cc(N=C(C)C=Nc2cc(CCCC)c(-c3ccccc3)c(CCCCCCCC)c2)cc(CC)c1CCCC. The van der Waals surface area contributed by atoms with Crippen molar-refractivity contribution in [1.29, 1.82) is 0 Å². The van der Waals surface area contributed by atoms with Gasteiger partial charge >= 0.3 is 0 Å². The van der Waals surface area contributed by atoms with E-state index < -0.39 is 0 Å². The molecule has 49 heavy (non-hydrogen) atoms. The van der Waals surface area contributed by atoms with Gasteiger partial charge in [-0.1, -0.05) is 142 Å². The van der Waals surface area contributed by atoms with Crippen molar-refractivity contribution in [3.05, 3.63) is 82.4 Å². The highest BCUT2D eigenvalue weighted by molar-refractivity contribution is 6.30. The van der Waals surface area contributed by atoms with Gasteiger partial charge in [0.1, 0.15) is 0 Å². The van der Waals surface area contributed by atoms with Crippen molar-refractivity contribution >= 4 is 23.3 Å². The van der Waals surface area contributed by atoms with E-state index in [0.29, 0.717) is 0 Å². The highest BCUT2D eigenvalue weighted by Gasteiger charge is 2.14. The number of hydrogen-bond acceptors (Lipinski definition) is 2. The Morgan fingerprint density at radius 3 is 1.59 bits per heavy atom. The van der Waals surface area contributed by atoms with Crippen LogP contribution in [0.3, 0.4) is 0 Å². The number of benzene rings is 3. The summed E-state index contributed by atoms with van der Waals surface area (Å²) < 4.78 is 0. The van der Waals surface area contributed by atoms with Crippen LogP contribution in [-0.2, 0) is 32.1 Å². The van der Waals surface area contributed by atoms with E-state index in [4.69, 9.17) is 9.98 Å². The van der Waals surface area contributed by atoms with Gasteiger partial charge in [-0.15, -0.1) is 0 Å². The van der Waals surface area contributed by atoms with E-state index in [9.17, 15) is 0 Å². The Bertz CT molecular complexity index is 1400. The Kier molecular flexibility index (Phi) is 20.0.